The van der Waals surface area contributed by atoms with E-state index in [-0.39, 0.29) is 12.2 Å². The summed E-state index contributed by atoms with van der Waals surface area (Å²) in [6, 6.07) is 5.49. The van der Waals surface area contributed by atoms with Gasteiger partial charge in [-0.3, -0.25) is 4.79 Å². The van der Waals surface area contributed by atoms with E-state index in [0.29, 0.717) is 0 Å². The van der Waals surface area contributed by atoms with Crippen molar-refractivity contribution in [1.29, 1.82) is 0 Å². The molecule has 0 spiro atoms. The number of carbonyl (C=O) groups is 1. The van der Waals surface area contributed by atoms with Crippen molar-refractivity contribution in [3.63, 3.8) is 0 Å². The standard InChI is InChI=1S/C11H10FO4/c1-2-15-11(14)16-10(7-13)8-5-3-4-6-9(8)12/h3-6,10H,2H2,1H3. The van der Waals surface area contributed by atoms with E-state index in [4.69, 9.17) is 0 Å². The minimum Gasteiger partial charge on any atom is -0.435 e. The number of rotatable bonds is 4. The van der Waals surface area contributed by atoms with Gasteiger partial charge in [0.25, 0.3) is 0 Å². The van der Waals surface area contributed by atoms with Gasteiger partial charge in [0.1, 0.15) is 5.82 Å². The van der Waals surface area contributed by atoms with Gasteiger partial charge in [-0.2, -0.15) is 0 Å². The highest BCUT2D eigenvalue weighted by atomic mass is 19.1. The number of hydrogen-bond donors (Lipinski definition) is 0. The first-order chi connectivity index (χ1) is 7.69. The van der Waals surface area contributed by atoms with Gasteiger partial charge in [-0.1, -0.05) is 18.2 Å². The van der Waals surface area contributed by atoms with Crippen LogP contribution in [0.15, 0.2) is 24.3 Å². The maximum absolute atomic E-state index is 13.3. The third-order valence-electron chi connectivity index (χ3n) is 1.77. The molecule has 1 rings (SSSR count). The molecule has 0 fully saturated rings. The van der Waals surface area contributed by atoms with Crippen molar-refractivity contribution in [2.24, 2.45) is 0 Å². The van der Waals surface area contributed by atoms with E-state index >= 15 is 0 Å². The van der Waals surface area contributed by atoms with Crippen molar-refractivity contribution < 1.29 is 23.5 Å². The number of hydrogen-bond acceptors (Lipinski definition) is 4. The van der Waals surface area contributed by atoms with Gasteiger partial charge in [0.15, 0.2) is 6.10 Å². The lowest BCUT2D eigenvalue weighted by Gasteiger charge is -2.11. The minimum absolute atomic E-state index is 0.0504. The Bertz CT molecular complexity index is 378. The molecule has 0 aliphatic rings. The smallest absolute Gasteiger partial charge is 0.435 e. The second-order valence-corrected chi connectivity index (χ2v) is 2.82. The molecular formula is C11H10FO4. The van der Waals surface area contributed by atoms with Crippen LogP contribution in [0.1, 0.15) is 18.6 Å². The van der Waals surface area contributed by atoms with E-state index in [0.717, 1.165) is 6.07 Å². The molecule has 0 aliphatic heterocycles. The molecule has 1 unspecified atom stereocenters. The van der Waals surface area contributed by atoms with Gasteiger partial charge in [-0.15, -0.1) is 0 Å². The highest BCUT2D eigenvalue weighted by molar-refractivity contribution is 5.68. The Morgan fingerprint density at radius 3 is 2.75 bits per heavy atom. The number of halogens is 1. The van der Waals surface area contributed by atoms with E-state index < -0.39 is 18.1 Å². The van der Waals surface area contributed by atoms with Crippen molar-refractivity contribution >= 4 is 12.4 Å². The third-order valence-corrected chi connectivity index (χ3v) is 1.77. The lowest BCUT2D eigenvalue weighted by Crippen LogP contribution is -2.14. The van der Waals surface area contributed by atoms with Crippen LogP contribution in [0.4, 0.5) is 9.18 Å². The molecule has 16 heavy (non-hydrogen) atoms. The second kappa shape index (κ2) is 5.85. The molecule has 85 valence electrons. The fraction of sp³-hybridized carbons (Fsp3) is 0.273. The highest BCUT2D eigenvalue weighted by Crippen LogP contribution is 2.18. The molecule has 5 heteroatoms. The molecule has 0 aliphatic carbocycles. The maximum Gasteiger partial charge on any atom is 0.509 e. The normalized spacial score (nSPS) is 11.6. The summed E-state index contributed by atoms with van der Waals surface area (Å²) >= 11 is 0. The Labute approximate surface area is 92.0 Å². The van der Waals surface area contributed by atoms with Crippen molar-refractivity contribution in [1.82, 2.24) is 0 Å². The molecule has 1 aromatic rings. The summed E-state index contributed by atoms with van der Waals surface area (Å²) in [4.78, 5) is 21.5. The van der Waals surface area contributed by atoms with Crippen molar-refractivity contribution in [3.05, 3.63) is 35.6 Å². The van der Waals surface area contributed by atoms with E-state index in [9.17, 15) is 14.0 Å². The Hall–Kier alpha value is -1.91. The van der Waals surface area contributed by atoms with Gasteiger partial charge in [0.05, 0.1) is 6.61 Å². The summed E-state index contributed by atoms with van der Waals surface area (Å²) in [7, 11) is 0. The van der Waals surface area contributed by atoms with Crippen molar-refractivity contribution in [2.75, 3.05) is 6.61 Å². The molecule has 0 bridgehead atoms. The summed E-state index contributed by atoms with van der Waals surface area (Å²) in [5.74, 6) is -0.639. The first-order valence-corrected chi connectivity index (χ1v) is 4.64. The van der Waals surface area contributed by atoms with Crippen molar-refractivity contribution in [2.45, 2.75) is 13.0 Å². The van der Waals surface area contributed by atoms with Gasteiger partial charge in [0.2, 0.25) is 6.29 Å². The molecule has 1 aromatic carbocycles. The lowest BCUT2D eigenvalue weighted by molar-refractivity contribution is 0.0437. The van der Waals surface area contributed by atoms with E-state index in [1.165, 1.54) is 24.5 Å². The molecule has 0 aromatic heterocycles. The molecule has 4 nitrogen and oxygen atoms in total. The first kappa shape index (κ1) is 12.2. The predicted molar refractivity (Wildman–Crippen MR) is 52.9 cm³/mol. The summed E-state index contributed by atoms with van der Waals surface area (Å²) in [6.45, 7) is 1.70. The quantitative estimate of drug-likeness (QED) is 0.737. The topological polar surface area (TPSA) is 52.6 Å². The van der Waals surface area contributed by atoms with E-state index in [1.807, 2.05) is 0 Å². The average Bonchev–Trinajstić information content (AvgIpc) is 2.27. The second-order valence-electron chi connectivity index (χ2n) is 2.82. The Morgan fingerprint density at radius 1 is 1.50 bits per heavy atom. The molecule has 0 N–H and O–H groups in total. The summed E-state index contributed by atoms with van der Waals surface area (Å²) in [5, 5.41) is 0. The SMILES string of the molecule is CCOC(=O)OC([C]=O)c1ccccc1F. The highest BCUT2D eigenvalue weighted by Gasteiger charge is 2.20. The summed E-state index contributed by atoms with van der Waals surface area (Å²) in [5.41, 5.74) is -0.0504. The van der Waals surface area contributed by atoms with Crippen LogP contribution in [0.3, 0.4) is 0 Å². The molecule has 0 saturated carbocycles. The largest absolute Gasteiger partial charge is 0.509 e. The van der Waals surface area contributed by atoms with Crippen LogP contribution >= 0.6 is 0 Å². The zero-order valence-corrected chi connectivity index (χ0v) is 8.60. The molecule has 0 amide bonds. The van der Waals surface area contributed by atoms with E-state index in [1.54, 1.807) is 6.92 Å². The first-order valence-electron chi connectivity index (χ1n) is 4.64. The fourth-order valence-corrected chi connectivity index (χ4v) is 1.09. The zero-order valence-electron chi connectivity index (χ0n) is 8.60. The fourth-order valence-electron chi connectivity index (χ4n) is 1.09. The number of ether oxygens (including phenoxy) is 2. The molecule has 1 atom stereocenters. The van der Waals surface area contributed by atoms with Crippen LogP contribution in [0.25, 0.3) is 0 Å². The molecule has 0 heterocycles. The van der Waals surface area contributed by atoms with Crippen LogP contribution in [-0.2, 0) is 14.3 Å². The van der Waals surface area contributed by atoms with Gasteiger partial charge >= 0.3 is 6.16 Å². The van der Waals surface area contributed by atoms with Crippen LogP contribution < -0.4 is 0 Å². The zero-order chi connectivity index (χ0) is 12.0. The Morgan fingerprint density at radius 2 is 2.19 bits per heavy atom. The Kier molecular flexibility index (Phi) is 4.44. The Balaban J connectivity index is 2.79. The van der Waals surface area contributed by atoms with E-state index in [2.05, 4.69) is 9.47 Å². The molecule has 1 radical (unpaired) electrons. The predicted octanol–water partition coefficient (Wildman–Crippen LogP) is 2.15. The van der Waals surface area contributed by atoms with Gasteiger partial charge < -0.3 is 9.47 Å². The average molecular weight is 225 g/mol. The van der Waals surface area contributed by atoms with Crippen LogP contribution in [-0.4, -0.2) is 19.0 Å². The summed E-state index contributed by atoms with van der Waals surface area (Å²) < 4.78 is 22.3. The summed E-state index contributed by atoms with van der Waals surface area (Å²) in [6.07, 6.45) is -0.996. The van der Waals surface area contributed by atoms with Gasteiger partial charge in [-0.25, -0.2) is 9.18 Å². The lowest BCUT2D eigenvalue weighted by atomic mass is 10.1. The third kappa shape index (κ3) is 3.05. The number of benzene rings is 1. The minimum atomic E-state index is -1.40. The van der Waals surface area contributed by atoms with Gasteiger partial charge in [0, 0.05) is 5.56 Å². The molecular weight excluding hydrogens is 215 g/mol. The van der Waals surface area contributed by atoms with Crippen LogP contribution in [0, 0.1) is 5.82 Å². The maximum atomic E-state index is 13.3. The van der Waals surface area contributed by atoms with Crippen LogP contribution in [0.2, 0.25) is 0 Å². The van der Waals surface area contributed by atoms with Crippen LogP contribution in [0.5, 0.6) is 0 Å². The monoisotopic (exact) mass is 225 g/mol. The molecule has 0 saturated heterocycles. The van der Waals surface area contributed by atoms with Crippen molar-refractivity contribution in [3.8, 4) is 0 Å². The number of carbonyl (C=O) groups excluding carboxylic acids is 2. The van der Waals surface area contributed by atoms with Gasteiger partial charge in [-0.05, 0) is 13.0 Å².